The summed E-state index contributed by atoms with van der Waals surface area (Å²) in [5, 5.41) is 4.33. The van der Waals surface area contributed by atoms with Crippen molar-refractivity contribution in [2.45, 2.75) is 51.8 Å². The molecule has 2 fully saturated rings. The van der Waals surface area contributed by atoms with E-state index in [0.29, 0.717) is 0 Å². The van der Waals surface area contributed by atoms with Crippen molar-refractivity contribution in [3.05, 3.63) is 77.0 Å². The summed E-state index contributed by atoms with van der Waals surface area (Å²) in [5.41, 5.74) is 5.76. The minimum Gasteiger partial charge on any atom is -0.376 e. The second-order valence-electron chi connectivity index (χ2n) is 8.77. The predicted octanol–water partition coefficient (Wildman–Crippen LogP) is 4.34. The normalized spacial score (nSPS) is 23.0. The Kier molecular flexibility index (Phi) is 5.69. The molecule has 0 radical (unpaired) electrons. The van der Waals surface area contributed by atoms with E-state index < -0.39 is 0 Å². The third-order valence-electron chi connectivity index (χ3n) is 6.54. The van der Waals surface area contributed by atoms with Crippen LogP contribution in [0.2, 0.25) is 0 Å². The van der Waals surface area contributed by atoms with Gasteiger partial charge in [-0.05, 0) is 87.3 Å². The summed E-state index contributed by atoms with van der Waals surface area (Å²) in [6, 6.07) is 12.5. The lowest BCUT2D eigenvalue weighted by Gasteiger charge is -2.30. The van der Waals surface area contributed by atoms with E-state index in [-0.39, 0.29) is 18.2 Å². The standard InChI is InChI=1S/C25H29N5OS/c1-16-9-11-27-22(13-16)30-17(2)14-20(18(30)3)24-23(21-8-4-5-10-26-21)28-25(32)29(24)15-19-7-6-12-31-19/h4-5,8-11,13-14,19,23-24H,6-7,12,15H2,1-3H3,(H,28,32)/t19-,23+,24+/m0/s1. The van der Waals surface area contributed by atoms with Gasteiger partial charge in [0.1, 0.15) is 5.82 Å². The van der Waals surface area contributed by atoms with Crippen molar-refractivity contribution in [3.63, 3.8) is 0 Å². The van der Waals surface area contributed by atoms with Crippen LogP contribution >= 0.6 is 12.2 Å². The zero-order valence-electron chi connectivity index (χ0n) is 18.8. The molecule has 6 nitrogen and oxygen atoms in total. The number of hydrogen-bond acceptors (Lipinski definition) is 4. The number of ether oxygens (including phenoxy) is 1. The van der Waals surface area contributed by atoms with Crippen LogP contribution in [0.25, 0.3) is 5.82 Å². The molecular formula is C25H29N5OS. The highest BCUT2D eigenvalue weighted by Gasteiger charge is 2.42. The maximum Gasteiger partial charge on any atom is 0.170 e. The molecule has 0 aromatic carbocycles. The van der Waals surface area contributed by atoms with Gasteiger partial charge in [-0.3, -0.25) is 4.98 Å². The molecule has 3 aromatic heterocycles. The Hall–Kier alpha value is -2.77. The van der Waals surface area contributed by atoms with Crippen molar-refractivity contribution in [1.29, 1.82) is 0 Å². The third kappa shape index (κ3) is 3.80. The molecule has 2 saturated heterocycles. The molecule has 0 aliphatic carbocycles. The summed E-state index contributed by atoms with van der Waals surface area (Å²) < 4.78 is 8.21. The number of hydrogen-bond donors (Lipinski definition) is 1. The van der Waals surface area contributed by atoms with Gasteiger partial charge < -0.3 is 19.5 Å². The SMILES string of the molecule is Cc1ccnc(-n2c(C)cc([C@@H]3[C@@H](c4ccccn4)NC(=S)N3C[C@@H]3CCCO3)c2C)c1. The monoisotopic (exact) mass is 447 g/mol. The van der Waals surface area contributed by atoms with Gasteiger partial charge in [-0.15, -0.1) is 0 Å². The highest BCUT2D eigenvalue weighted by Crippen LogP contribution is 2.41. The summed E-state index contributed by atoms with van der Waals surface area (Å²) in [6.07, 6.45) is 6.12. The van der Waals surface area contributed by atoms with Gasteiger partial charge in [0.25, 0.3) is 0 Å². The molecule has 166 valence electrons. The summed E-state index contributed by atoms with van der Waals surface area (Å²) >= 11 is 5.84. The van der Waals surface area contributed by atoms with Crippen molar-refractivity contribution in [2.75, 3.05) is 13.2 Å². The molecule has 2 aliphatic rings. The largest absolute Gasteiger partial charge is 0.376 e. The van der Waals surface area contributed by atoms with Crippen LogP contribution in [0.4, 0.5) is 0 Å². The molecule has 0 amide bonds. The minimum absolute atomic E-state index is 0.0236. The van der Waals surface area contributed by atoms with Crippen LogP contribution in [0.5, 0.6) is 0 Å². The van der Waals surface area contributed by atoms with Gasteiger partial charge in [0.05, 0.1) is 23.9 Å². The molecule has 7 heteroatoms. The lowest BCUT2D eigenvalue weighted by molar-refractivity contribution is 0.0842. The van der Waals surface area contributed by atoms with E-state index in [4.69, 9.17) is 17.0 Å². The molecule has 5 heterocycles. The van der Waals surface area contributed by atoms with Crippen LogP contribution in [0.1, 0.15) is 53.1 Å². The first-order valence-electron chi connectivity index (χ1n) is 11.2. The Bertz CT molecular complexity index is 1120. The first-order chi connectivity index (χ1) is 15.5. The van der Waals surface area contributed by atoms with Gasteiger partial charge in [0.15, 0.2) is 5.11 Å². The quantitative estimate of drug-likeness (QED) is 0.587. The first-order valence-corrected chi connectivity index (χ1v) is 11.7. The molecule has 0 bridgehead atoms. The molecule has 3 atom stereocenters. The van der Waals surface area contributed by atoms with E-state index in [9.17, 15) is 0 Å². The van der Waals surface area contributed by atoms with Crippen LogP contribution in [0.15, 0.2) is 48.8 Å². The van der Waals surface area contributed by atoms with Gasteiger partial charge in [-0.1, -0.05) is 6.07 Å². The predicted molar refractivity (Wildman–Crippen MR) is 129 cm³/mol. The number of thiocarbonyl (C=S) groups is 1. The van der Waals surface area contributed by atoms with Crippen LogP contribution < -0.4 is 5.32 Å². The van der Waals surface area contributed by atoms with Gasteiger partial charge in [0, 0.05) is 36.9 Å². The Balaban J connectivity index is 1.59. The molecule has 0 unspecified atom stereocenters. The second kappa shape index (κ2) is 8.64. The Morgan fingerprint density at radius 1 is 1.12 bits per heavy atom. The van der Waals surface area contributed by atoms with E-state index in [2.05, 4.69) is 63.7 Å². The summed E-state index contributed by atoms with van der Waals surface area (Å²) in [7, 11) is 0. The van der Waals surface area contributed by atoms with Crippen molar-refractivity contribution < 1.29 is 4.74 Å². The van der Waals surface area contributed by atoms with Crippen LogP contribution in [0, 0.1) is 20.8 Å². The molecule has 3 aromatic rings. The summed E-state index contributed by atoms with van der Waals surface area (Å²) in [5.74, 6) is 0.944. The van der Waals surface area contributed by atoms with Gasteiger partial charge in [-0.25, -0.2) is 4.98 Å². The van der Waals surface area contributed by atoms with Crippen molar-refractivity contribution in [2.24, 2.45) is 0 Å². The van der Waals surface area contributed by atoms with E-state index in [1.807, 2.05) is 30.6 Å². The zero-order chi connectivity index (χ0) is 22.2. The number of nitrogens with zero attached hydrogens (tertiary/aromatic N) is 4. The molecule has 0 saturated carbocycles. The zero-order valence-corrected chi connectivity index (χ0v) is 19.6. The molecule has 1 N–H and O–H groups in total. The fourth-order valence-electron chi connectivity index (χ4n) is 5.03. The van der Waals surface area contributed by atoms with Gasteiger partial charge >= 0.3 is 0 Å². The smallest absolute Gasteiger partial charge is 0.170 e. The number of aryl methyl sites for hydroxylation is 2. The van der Waals surface area contributed by atoms with E-state index in [1.165, 1.54) is 16.8 Å². The minimum atomic E-state index is -0.0236. The van der Waals surface area contributed by atoms with Gasteiger partial charge in [0.2, 0.25) is 0 Å². The van der Waals surface area contributed by atoms with E-state index in [1.54, 1.807) is 0 Å². The number of nitrogens with one attached hydrogen (secondary N) is 1. The van der Waals surface area contributed by atoms with Crippen LogP contribution in [-0.2, 0) is 4.74 Å². The number of aromatic nitrogens is 3. The molecule has 2 aliphatic heterocycles. The van der Waals surface area contributed by atoms with Gasteiger partial charge in [-0.2, -0.15) is 0 Å². The fraction of sp³-hybridized carbons (Fsp3) is 0.400. The Morgan fingerprint density at radius 2 is 2.00 bits per heavy atom. The fourth-order valence-corrected chi connectivity index (χ4v) is 5.35. The second-order valence-corrected chi connectivity index (χ2v) is 9.15. The average molecular weight is 448 g/mol. The van der Waals surface area contributed by atoms with Crippen molar-refractivity contribution in [1.82, 2.24) is 24.8 Å². The highest BCUT2D eigenvalue weighted by atomic mass is 32.1. The molecule has 5 rings (SSSR count). The third-order valence-corrected chi connectivity index (χ3v) is 6.89. The van der Waals surface area contributed by atoms with Crippen LogP contribution in [-0.4, -0.2) is 43.8 Å². The summed E-state index contributed by atoms with van der Waals surface area (Å²) in [6.45, 7) is 8.03. The van der Waals surface area contributed by atoms with Crippen molar-refractivity contribution in [3.8, 4) is 5.82 Å². The molecule has 0 spiro atoms. The average Bonchev–Trinajstić information content (AvgIpc) is 3.48. The van der Waals surface area contributed by atoms with Crippen molar-refractivity contribution >= 4 is 17.3 Å². The first kappa shape index (κ1) is 21.1. The Morgan fingerprint density at radius 3 is 2.72 bits per heavy atom. The molecular weight excluding hydrogens is 418 g/mol. The lowest BCUT2D eigenvalue weighted by Crippen LogP contribution is -2.36. The lowest BCUT2D eigenvalue weighted by atomic mass is 9.96. The maximum atomic E-state index is 5.97. The Labute approximate surface area is 194 Å². The molecule has 32 heavy (non-hydrogen) atoms. The van der Waals surface area contributed by atoms with E-state index >= 15 is 0 Å². The highest BCUT2D eigenvalue weighted by molar-refractivity contribution is 7.80. The maximum absolute atomic E-state index is 5.97. The van der Waals surface area contributed by atoms with E-state index in [0.717, 1.165) is 48.3 Å². The topological polar surface area (TPSA) is 55.2 Å². The number of pyridine rings is 2. The number of rotatable bonds is 5. The van der Waals surface area contributed by atoms with Crippen LogP contribution in [0.3, 0.4) is 0 Å². The summed E-state index contributed by atoms with van der Waals surface area (Å²) in [4.78, 5) is 11.6.